The van der Waals surface area contributed by atoms with E-state index < -0.39 is 0 Å². The van der Waals surface area contributed by atoms with E-state index in [2.05, 4.69) is 15.3 Å². The summed E-state index contributed by atoms with van der Waals surface area (Å²) in [6.07, 6.45) is 4.71. The van der Waals surface area contributed by atoms with Gasteiger partial charge in [0, 0.05) is 12.6 Å². The topological polar surface area (TPSA) is 58.0 Å². The van der Waals surface area contributed by atoms with Crippen molar-refractivity contribution in [3.05, 3.63) is 17.4 Å². The fraction of sp³-hybridized carbons (Fsp3) is 0.556. The van der Waals surface area contributed by atoms with Crippen molar-refractivity contribution in [2.45, 2.75) is 25.8 Å². The molecule has 5 heteroatoms. The maximum atomic E-state index is 8.79. The molecule has 0 radical (unpaired) electrons. The maximum Gasteiger partial charge on any atom is 0.222 e. The molecule has 0 fully saturated rings. The highest BCUT2D eigenvalue weighted by Gasteiger charge is 2.06. The van der Waals surface area contributed by atoms with Gasteiger partial charge in [0.15, 0.2) is 0 Å². The van der Waals surface area contributed by atoms with Crippen molar-refractivity contribution < 1.29 is 5.11 Å². The quantitative estimate of drug-likeness (QED) is 0.785. The van der Waals surface area contributed by atoms with E-state index in [1.807, 2.05) is 6.92 Å². The van der Waals surface area contributed by atoms with Gasteiger partial charge in [-0.2, -0.15) is 0 Å². The van der Waals surface area contributed by atoms with Gasteiger partial charge in [-0.15, -0.1) is 0 Å². The van der Waals surface area contributed by atoms with E-state index >= 15 is 0 Å². The molecule has 0 bridgehead atoms. The molecule has 1 aromatic heterocycles. The number of aromatic nitrogens is 2. The number of halogens is 1. The molecule has 0 aliphatic carbocycles. The van der Waals surface area contributed by atoms with Crippen LogP contribution >= 0.6 is 11.6 Å². The number of nitrogens with zero attached hydrogens (tertiary/aromatic N) is 2. The maximum absolute atomic E-state index is 8.79. The largest absolute Gasteiger partial charge is 0.396 e. The van der Waals surface area contributed by atoms with E-state index in [1.54, 1.807) is 12.4 Å². The predicted octanol–water partition coefficient (Wildman–Crippen LogP) is 1.70. The van der Waals surface area contributed by atoms with Gasteiger partial charge in [0.2, 0.25) is 5.95 Å². The van der Waals surface area contributed by atoms with E-state index in [9.17, 15) is 0 Å². The SMILES string of the molecule is CCC(CCO)Nc1ncc(Cl)cn1. The molecule has 2 N–H and O–H groups in total. The number of nitrogens with one attached hydrogen (secondary N) is 1. The van der Waals surface area contributed by atoms with Crippen LogP contribution in [-0.2, 0) is 0 Å². The third-order valence-electron chi connectivity index (χ3n) is 1.92. The van der Waals surface area contributed by atoms with Crippen molar-refractivity contribution in [3.63, 3.8) is 0 Å². The van der Waals surface area contributed by atoms with Crippen molar-refractivity contribution in [1.29, 1.82) is 0 Å². The second-order valence-corrected chi connectivity index (χ2v) is 3.42. The molecule has 1 heterocycles. The standard InChI is InChI=1S/C9H14ClN3O/c1-2-8(3-4-14)13-9-11-5-7(10)6-12-9/h5-6,8,14H,2-4H2,1H3,(H,11,12,13). The molecular weight excluding hydrogens is 202 g/mol. The third kappa shape index (κ3) is 3.47. The molecule has 4 nitrogen and oxygen atoms in total. The highest BCUT2D eigenvalue weighted by atomic mass is 35.5. The minimum Gasteiger partial charge on any atom is -0.396 e. The van der Waals surface area contributed by atoms with Crippen molar-refractivity contribution in [2.75, 3.05) is 11.9 Å². The van der Waals surface area contributed by atoms with Crippen LogP contribution < -0.4 is 5.32 Å². The van der Waals surface area contributed by atoms with E-state index in [4.69, 9.17) is 16.7 Å². The molecule has 14 heavy (non-hydrogen) atoms. The van der Waals surface area contributed by atoms with Gasteiger partial charge in [0.1, 0.15) is 0 Å². The Bertz CT molecular complexity index is 265. The van der Waals surface area contributed by atoms with Gasteiger partial charge in [-0.25, -0.2) is 9.97 Å². The van der Waals surface area contributed by atoms with Crippen LogP contribution in [0.3, 0.4) is 0 Å². The molecule has 1 unspecified atom stereocenters. The van der Waals surface area contributed by atoms with Crippen LogP contribution in [0.5, 0.6) is 0 Å². The van der Waals surface area contributed by atoms with Crippen molar-refractivity contribution in [1.82, 2.24) is 9.97 Å². The second-order valence-electron chi connectivity index (χ2n) is 2.99. The van der Waals surface area contributed by atoms with E-state index in [0.29, 0.717) is 17.4 Å². The molecule has 1 atom stereocenters. The Morgan fingerprint density at radius 2 is 2.14 bits per heavy atom. The summed E-state index contributed by atoms with van der Waals surface area (Å²) in [7, 11) is 0. The van der Waals surface area contributed by atoms with Gasteiger partial charge < -0.3 is 10.4 Å². The van der Waals surface area contributed by atoms with Crippen molar-refractivity contribution >= 4 is 17.5 Å². The minimum absolute atomic E-state index is 0.166. The van der Waals surface area contributed by atoms with Crippen LogP contribution in [0.2, 0.25) is 5.02 Å². The molecule has 1 aromatic rings. The molecule has 0 aliphatic heterocycles. The first-order chi connectivity index (χ1) is 6.76. The highest BCUT2D eigenvalue weighted by Crippen LogP contribution is 2.08. The van der Waals surface area contributed by atoms with Gasteiger partial charge >= 0.3 is 0 Å². The number of hydrogen-bond acceptors (Lipinski definition) is 4. The fourth-order valence-corrected chi connectivity index (χ4v) is 1.20. The first-order valence-corrected chi connectivity index (χ1v) is 4.99. The Hall–Kier alpha value is -0.870. The second kappa shape index (κ2) is 5.78. The molecular formula is C9H14ClN3O. The van der Waals surface area contributed by atoms with Crippen molar-refractivity contribution in [2.24, 2.45) is 0 Å². The average Bonchev–Trinajstić information content (AvgIpc) is 2.20. The number of aliphatic hydroxyl groups excluding tert-OH is 1. The first kappa shape index (κ1) is 11.2. The van der Waals surface area contributed by atoms with Crippen LogP contribution in [0.4, 0.5) is 5.95 Å². The Kier molecular flexibility index (Phi) is 4.62. The summed E-state index contributed by atoms with van der Waals surface area (Å²) in [5, 5.41) is 12.4. The highest BCUT2D eigenvalue weighted by molar-refractivity contribution is 6.30. The van der Waals surface area contributed by atoms with Gasteiger partial charge in [-0.3, -0.25) is 0 Å². The van der Waals surface area contributed by atoms with Gasteiger partial charge in [-0.05, 0) is 12.8 Å². The summed E-state index contributed by atoms with van der Waals surface area (Å²) in [4.78, 5) is 8.02. The normalized spacial score (nSPS) is 12.5. The minimum atomic E-state index is 0.166. The van der Waals surface area contributed by atoms with E-state index in [-0.39, 0.29) is 12.6 Å². The molecule has 1 rings (SSSR count). The summed E-state index contributed by atoms with van der Waals surface area (Å²) < 4.78 is 0. The van der Waals surface area contributed by atoms with Gasteiger partial charge in [-0.1, -0.05) is 18.5 Å². The number of aliphatic hydroxyl groups is 1. The Morgan fingerprint density at radius 3 is 2.64 bits per heavy atom. The molecule has 0 spiro atoms. The number of hydrogen-bond donors (Lipinski definition) is 2. The Morgan fingerprint density at radius 1 is 1.50 bits per heavy atom. The zero-order valence-corrected chi connectivity index (χ0v) is 8.83. The summed E-state index contributed by atoms with van der Waals surface area (Å²) in [5.41, 5.74) is 0. The van der Waals surface area contributed by atoms with Gasteiger partial charge in [0.05, 0.1) is 17.4 Å². The molecule has 0 aromatic carbocycles. The zero-order chi connectivity index (χ0) is 10.4. The van der Waals surface area contributed by atoms with E-state index in [0.717, 1.165) is 6.42 Å². The monoisotopic (exact) mass is 215 g/mol. The Balaban J connectivity index is 2.53. The summed E-state index contributed by atoms with van der Waals surface area (Å²) >= 11 is 5.65. The van der Waals surface area contributed by atoms with Gasteiger partial charge in [0.25, 0.3) is 0 Å². The van der Waals surface area contributed by atoms with Crippen LogP contribution in [0, 0.1) is 0 Å². The lowest BCUT2D eigenvalue weighted by molar-refractivity contribution is 0.278. The molecule has 0 amide bonds. The van der Waals surface area contributed by atoms with Crippen LogP contribution in [0.1, 0.15) is 19.8 Å². The van der Waals surface area contributed by atoms with Crippen LogP contribution in [0.15, 0.2) is 12.4 Å². The number of rotatable bonds is 5. The summed E-state index contributed by atoms with van der Waals surface area (Å²) in [6, 6.07) is 0.209. The molecule has 0 saturated heterocycles. The lowest BCUT2D eigenvalue weighted by Gasteiger charge is -2.14. The molecule has 0 saturated carbocycles. The molecule has 0 aliphatic rings. The molecule has 78 valence electrons. The smallest absolute Gasteiger partial charge is 0.222 e. The fourth-order valence-electron chi connectivity index (χ4n) is 1.10. The van der Waals surface area contributed by atoms with Crippen LogP contribution in [-0.4, -0.2) is 27.7 Å². The zero-order valence-electron chi connectivity index (χ0n) is 8.07. The first-order valence-electron chi connectivity index (χ1n) is 4.61. The lowest BCUT2D eigenvalue weighted by atomic mass is 10.2. The number of anilines is 1. The Labute approximate surface area is 88.3 Å². The van der Waals surface area contributed by atoms with Crippen molar-refractivity contribution in [3.8, 4) is 0 Å². The predicted molar refractivity (Wildman–Crippen MR) is 56.4 cm³/mol. The third-order valence-corrected chi connectivity index (χ3v) is 2.12. The van der Waals surface area contributed by atoms with Crippen LogP contribution in [0.25, 0.3) is 0 Å². The summed E-state index contributed by atoms with van der Waals surface area (Å²) in [5.74, 6) is 0.551. The van der Waals surface area contributed by atoms with E-state index in [1.165, 1.54) is 0 Å². The average molecular weight is 216 g/mol. The summed E-state index contributed by atoms with van der Waals surface area (Å²) in [6.45, 7) is 2.21. The lowest BCUT2D eigenvalue weighted by Crippen LogP contribution is -2.21.